The van der Waals surface area contributed by atoms with Gasteiger partial charge < -0.3 is 25.5 Å². The van der Waals surface area contributed by atoms with Crippen LogP contribution in [0.5, 0.6) is 0 Å². The molecule has 0 aliphatic carbocycles. The molecule has 2 fully saturated rings. The van der Waals surface area contributed by atoms with Crippen LogP contribution in [0, 0.1) is 11.2 Å². The smallest absolute Gasteiger partial charge is 0.246 e. The van der Waals surface area contributed by atoms with E-state index in [1.807, 2.05) is 30.6 Å². The van der Waals surface area contributed by atoms with Gasteiger partial charge in [-0.05, 0) is 49.9 Å². The number of nitrogens with zero attached hydrogens (tertiary/aromatic N) is 2. The minimum Gasteiger partial charge on any atom is -0.392 e. The van der Waals surface area contributed by atoms with Gasteiger partial charge in [0.25, 0.3) is 0 Å². The fraction of sp³-hybridized carbons (Fsp3) is 0.640. The molecule has 3 rings (SSSR count). The van der Waals surface area contributed by atoms with Crippen LogP contribution in [-0.4, -0.2) is 76.9 Å². The molecule has 34 heavy (non-hydrogen) atoms. The van der Waals surface area contributed by atoms with Crippen LogP contribution in [0.3, 0.4) is 0 Å². The van der Waals surface area contributed by atoms with Crippen molar-refractivity contribution in [2.24, 2.45) is 5.41 Å². The zero-order valence-electron chi connectivity index (χ0n) is 21.1. The van der Waals surface area contributed by atoms with E-state index in [2.05, 4.69) is 10.6 Å². The highest BCUT2D eigenvalue weighted by atomic mass is 19.1. The summed E-state index contributed by atoms with van der Waals surface area (Å²) in [6.45, 7) is 10.6. The Morgan fingerprint density at radius 3 is 2.09 bits per heavy atom. The summed E-state index contributed by atoms with van der Waals surface area (Å²) in [5.74, 6) is -0.414. The van der Waals surface area contributed by atoms with E-state index in [-0.39, 0.29) is 48.3 Å². The molecule has 0 aromatic heterocycles. The highest BCUT2D eigenvalue weighted by Crippen LogP contribution is 2.33. The molecule has 190 valence electrons. The predicted octanol–water partition coefficient (Wildman–Crippen LogP) is 1.66. The molecule has 3 unspecified atom stereocenters. The second-order valence-electron chi connectivity index (χ2n) is 10.1. The van der Waals surface area contributed by atoms with Crippen molar-refractivity contribution in [3.63, 3.8) is 0 Å². The van der Waals surface area contributed by atoms with Crippen molar-refractivity contribution in [2.45, 2.75) is 78.2 Å². The third-order valence-corrected chi connectivity index (χ3v) is 6.59. The number of hydrogen-bond donors (Lipinski definition) is 3. The van der Waals surface area contributed by atoms with Gasteiger partial charge in [-0.25, -0.2) is 4.39 Å². The number of fused-ring (bicyclic) bond motifs is 1. The first kappa shape index (κ1) is 27.7. The van der Waals surface area contributed by atoms with Crippen molar-refractivity contribution in [1.29, 1.82) is 0 Å². The van der Waals surface area contributed by atoms with Crippen LogP contribution in [0.25, 0.3) is 0 Å². The molecule has 9 heteroatoms. The summed E-state index contributed by atoms with van der Waals surface area (Å²) in [6, 6.07) is 5.00. The molecule has 1 aromatic rings. The third-order valence-electron chi connectivity index (χ3n) is 6.59. The Balaban J connectivity index is 0.000000379. The molecule has 0 bridgehead atoms. The SMILES string of the molecule is CN[C@@H](C)C(=O)NC(C(=O)N1CCC2C1CCN2C(C)=O)C(C)(C)C.OCc1ccc(F)cc1. The number of likely N-dealkylation sites (tertiary alicyclic amines) is 2. The molecule has 0 spiro atoms. The van der Waals surface area contributed by atoms with Gasteiger partial charge in [0.2, 0.25) is 17.7 Å². The Hall–Kier alpha value is -2.52. The van der Waals surface area contributed by atoms with Crippen LogP contribution >= 0.6 is 0 Å². The molecule has 3 N–H and O–H groups in total. The maximum Gasteiger partial charge on any atom is 0.246 e. The Morgan fingerprint density at radius 2 is 1.62 bits per heavy atom. The standard InChI is InChI=1S/C18H32N4O3.C7H7FO/c1-11(19-6)16(24)20-15(18(3,4)5)17(25)22-10-8-13-14(22)7-9-21(13)12(2)23;8-7-3-1-6(5-9)2-4-7/h11,13-15,19H,7-10H2,1-6H3,(H,20,24);1-4,9H,5H2/t11-,13?,14?,15?;/m0./s1. The maximum atomic E-state index is 13.2. The Bertz CT molecular complexity index is 855. The number of aliphatic hydroxyl groups is 1. The molecular weight excluding hydrogens is 439 g/mol. The molecule has 3 amide bonds. The van der Waals surface area contributed by atoms with E-state index in [0.29, 0.717) is 13.1 Å². The molecule has 1 aromatic carbocycles. The summed E-state index contributed by atoms with van der Waals surface area (Å²) in [4.78, 5) is 41.1. The summed E-state index contributed by atoms with van der Waals surface area (Å²) in [5, 5.41) is 14.3. The fourth-order valence-corrected chi connectivity index (χ4v) is 4.45. The maximum absolute atomic E-state index is 13.2. The number of aliphatic hydroxyl groups excluding tert-OH is 1. The predicted molar refractivity (Wildman–Crippen MR) is 128 cm³/mol. The van der Waals surface area contributed by atoms with Crippen LogP contribution < -0.4 is 10.6 Å². The molecule has 2 aliphatic heterocycles. The number of carbonyl (C=O) groups excluding carboxylic acids is 3. The first-order chi connectivity index (χ1) is 15.9. The quantitative estimate of drug-likeness (QED) is 0.598. The van der Waals surface area contributed by atoms with Gasteiger partial charge in [0.15, 0.2) is 0 Å². The summed E-state index contributed by atoms with van der Waals surface area (Å²) >= 11 is 0. The van der Waals surface area contributed by atoms with E-state index in [4.69, 9.17) is 5.11 Å². The van der Waals surface area contributed by atoms with E-state index in [9.17, 15) is 18.8 Å². The summed E-state index contributed by atoms with van der Waals surface area (Å²) in [5.41, 5.74) is 0.341. The van der Waals surface area contributed by atoms with Crippen molar-refractivity contribution in [3.05, 3.63) is 35.6 Å². The van der Waals surface area contributed by atoms with Gasteiger partial charge in [0.1, 0.15) is 11.9 Å². The van der Waals surface area contributed by atoms with E-state index >= 15 is 0 Å². The van der Waals surface area contributed by atoms with Crippen molar-refractivity contribution in [3.8, 4) is 0 Å². The lowest BCUT2D eigenvalue weighted by Crippen LogP contribution is -2.58. The molecule has 0 radical (unpaired) electrons. The van der Waals surface area contributed by atoms with Crippen LogP contribution in [0.1, 0.15) is 53.0 Å². The molecule has 4 atom stereocenters. The number of rotatable bonds is 5. The van der Waals surface area contributed by atoms with E-state index < -0.39 is 11.5 Å². The highest BCUT2D eigenvalue weighted by Gasteiger charge is 2.48. The van der Waals surface area contributed by atoms with Gasteiger partial charge in [-0.15, -0.1) is 0 Å². The molecule has 2 heterocycles. The Morgan fingerprint density at radius 1 is 1.09 bits per heavy atom. The summed E-state index contributed by atoms with van der Waals surface area (Å²) in [7, 11) is 1.72. The number of nitrogens with one attached hydrogen (secondary N) is 2. The second kappa shape index (κ2) is 11.8. The first-order valence-electron chi connectivity index (χ1n) is 11.8. The minimum atomic E-state index is -0.582. The van der Waals surface area contributed by atoms with Crippen molar-refractivity contribution < 1.29 is 23.9 Å². The van der Waals surface area contributed by atoms with Crippen LogP contribution in [0.15, 0.2) is 24.3 Å². The van der Waals surface area contributed by atoms with E-state index in [0.717, 1.165) is 18.4 Å². The van der Waals surface area contributed by atoms with Crippen LogP contribution in [-0.2, 0) is 21.0 Å². The number of hydrogen-bond acceptors (Lipinski definition) is 5. The van der Waals surface area contributed by atoms with Gasteiger partial charge >= 0.3 is 0 Å². The zero-order chi connectivity index (χ0) is 25.6. The normalized spacial score (nSPS) is 21.3. The topological polar surface area (TPSA) is 102 Å². The lowest BCUT2D eigenvalue weighted by Gasteiger charge is -2.36. The molecule has 8 nitrogen and oxygen atoms in total. The van der Waals surface area contributed by atoms with E-state index in [1.54, 1.807) is 33.0 Å². The average molecular weight is 479 g/mol. The van der Waals surface area contributed by atoms with Crippen LogP contribution in [0.4, 0.5) is 4.39 Å². The molecule has 2 saturated heterocycles. The number of halogens is 1. The van der Waals surface area contributed by atoms with Crippen molar-refractivity contribution >= 4 is 17.7 Å². The highest BCUT2D eigenvalue weighted by molar-refractivity contribution is 5.90. The second-order valence-corrected chi connectivity index (χ2v) is 10.1. The number of likely N-dealkylation sites (N-methyl/N-ethyl adjacent to an activating group) is 1. The van der Waals surface area contributed by atoms with Gasteiger partial charge in [-0.3, -0.25) is 14.4 Å². The molecule has 2 aliphatic rings. The zero-order valence-corrected chi connectivity index (χ0v) is 21.1. The number of benzene rings is 1. The molecular formula is C25H39FN4O4. The third kappa shape index (κ3) is 6.76. The first-order valence-corrected chi connectivity index (χ1v) is 11.8. The minimum absolute atomic E-state index is 0.0275. The van der Waals surface area contributed by atoms with E-state index in [1.165, 1.54) is 12.1 Å². The average Bonchev–Trinajstić information content (AvgIpc) is 3.38. The monoisotopic (exact) mass is 478 g/mol. The number of amides is 3. The van der Waals surface area contributed by atoms with Crippen LogP contribution in [0.2, 0.25) is 0 Å². The fourth-order valence-electron chi connectivity index (χ4n) is 4.45. The lowest BCUT2D eigenvalue weighted by molar-refractivity contribution is -0.140. The van der Waals surface area contributed by atoms with Gasteiger partial charge in [-0.2, -0.15) is 0 Å². The molecule has 0 saturated carbocycles. The lowest BCUT2D eigenvalue weighted by atomic mass is 9.85. The van der Waals surface area contributed by atoms with Crippen molar-refractivity contribution in [2.75, 3.05) is 20.1 Å². The summed E-state index contributed by atoms with van der Waals surface area (Å²) < 4.78 is 12.1. The summed E-state index contributed by atoms with van der Waals surface area (Å²) in [6.07, 6.45) is 1.63. The van der Waals surface area contributed by atoms with Gasteiger partial charge in [-0.1, -0.05) is 32.9 Å². The van der Waals surface area contributed by atoms with Gasteiger partial charge in [0.05, 0.1) is 24.7 Å². The van der Waals surface area contributed by atoms with Crippen molar-refractivity contribution in [1.82, 2.24) is 20.4 Å². The Kier molecular flexibility index (Phi) is 9.58. The van der Waals surface area contributed by atoms with Gasteiger partial charge in [0, 0.05) is 20.0 Å². The Labute approximate surface area is 201 Å². The largest absolute Gasteiger partial charge is 0.392 e. The number of carbonyl (C=O) groups is 3.